The molecule has 0 unspecified atom stereocenters. The first-order valence-electron chi connectivity index (χ1n) is 9.79. The van der Waals surface area contributed by atoms with Gasteiger partial charge in [-0.25, -0.2) is 4.68 Å². The molecule has 1 aliphatic heterocycles. The summed E-state index contributed by atoms with van der Waals surface area (Å²) in [4.78, 5) is 28.7. The molecule has 2 aliphatic rings. The number of piperazine rings is 1. The molecule has 1 aliphatic carbocycles. The number of aryl methyl sites for hydroxylation is 3. The lowest BCUT2D eigenvalue weighted by atomic mass is 10.2. The van der Waals surface area contributed by atoms with Gasteiger partial charge in [0.15, 0.2) is 0 Å². The van der Waals surface area contributed by atoms with E-state index in [1.807, 2.05) is 12.3 Å². The van der Waals surface area contributed by atoms with Crippen LogP contribution in [-0.2, 0) is 33.0 Å². The Labute approximate surface area is 158 Å². The van der Waals surface area contributed by atoms with Crippen LogP contribution in [0, 0.1) is 0 Å². The number of hydrogen-bond donors (Lipinski definition) is 0. The van der Waals surface area contributed by atoms with Crippen molar-refractivity contribution in [1.29, 1.82) is 0 Å². The molecule has 0 spiro atoms. The Morgan fingerprint density at radius 2 is 1.74 bits per heavy atom. The van der Waals surface area contributed by atoms with E-state index >= 15 is 0 Å². The number of pyridine rings is 1. The Morgan fingerprint density at radius 3 is 2.52 bits per heavy atom. The third kappa shape index (κ3) is 4.20. The van der Waals surface area contributed by atoms with E-state index in [0.29, 0.717) is 6.54 Å². The molecular weight excluding hydrogens is 342 g/mol. The molecular formula is C20H27N5O2. The van der Waals surface area contributed by atoms with Crippen LogP contribution in [0.3, 0.4) is 0 Å². The maximum Gasteiger partial charge on any atom is 0.267 e. The highest BCUT2D eigenvalue weighted by Gasteiger charge is 2.18. The van der Waals surface area contributed by atoms with Gasteiger partial charge in [-0.15, -0.1) is 0 Å². The van der Waals surface area contributed by atoms with E-state index in [4.69, 9.17) is 0 Å². The fourth-order valence-electron chi connectivity index (χ4n) is 3.95. The topological polar surface area (TPSA) is 63.4 Å². The average Bonchev–Trinajstić information content (AvgIpc) is 3.11. The molecule has 1 fully saturated rings. The van der Waals surface area contributed by atoms with Gasteiger partial charge in [-0.05, 0) is 36.5 Å². The summed E-state index contributed by atoms with van der Waals surface area (Å²) in [5, 5.41) is 4.56. The fraction of sp³-hybridized carbons (Fsp3) is 0.550. The zero-order chi connectivity index (χ0) is 18.8. The van der Waals surface area contributed by atoms with Gasteiger partial charge >= 0.3 is 0 Å². The van der Waals surface area contributed by atoms with Crippen molar-refractivity contribution < 1.29 is 0 Å². The van der Waals surface area contributed by atoms with Crippen LogP contribution < -0.4 is 11.1 Å². The Bertz CT molecular complexity index is 925. The van der Waals surface area contributed by atoms with Gasteiger partial charge in [0.1, 0.15) is 0 Å². The summed E-state index contributed by atoms with van der Waals surface area (Å²) < 4.78 is 3.23. The normalized spacial score (nSPS) is 18.0. The van der Waals surface area contributed by atoms with E-state index in [0.717, 1.165) is 75.4 Å². The predicted octanol–water partition coefficient (Wildman–Crippen LogP) is 0.249. The molecule has 4 rings (SSSR count). The summed E-state index contributed by atoms with van der Waals surface area (Å²) in [6.07, 6.45) is 4.93. The van der Waals surface area contributed by atoms with Crippen LogP contribution in [0.1, 0.15) is 23.2 Å². The first-order valence-corrected chi connectivity index (χ1v) is 9.79. The zero-order valence-electron chi connectivity index (χ0n) is 15.9. The minimum atomic E-state index is 0.0277. The summed E-state index contributed by atoms with van der Waals surface area (Å²) >= 11 is 0. The second kappa shape index (κ2) is 7.78. The third-order valence-electron chi connectivity index (χ3n) is 5.69. The number of hydrogen-bond acceptors (Lipinski definition) is 5. The second-order valence-electron chi connectivity index (χ2n) is 7.63. The number of rotatable bonds is 5. The second-order valence-corrected chi connectivity index (χ2v) is 7.63. The molecule has 0 bridgehead atoms. The van der Waals surface area contributed by atoms with Crippen LogP contribution in [0.4, 0.5) is 0 Å². The molecule has 0 radical (unpaired) electrons. The molecule has 0 saturated carbocycles. The Kier molecular flexibility index (Phi) is 5.22. The van der Waals surface area contributed by atoms with Gasteiger partial charge in [0.2, 0.25) is 0 Å². The van der Waals surface area contributed by atoms with Crippen molar-refractivity contribution in [2.24, 2.45) is 7.05 Å². The van der Waals surface area contributed by atoms with E-state index in [2.05, 4.69) is 14.9 Å². The summed E-state index contributed by atoms with van der Waals surface area (Å²) in [7, 11) is 1.77. The largest absolute Gasteiger partial charge is 0.319 e. The van der Waals surface area contributed by atoms with E-state index < -0.39 is 0 Å². The monoisotopic (exact) mass is 369 g/mol. The molecule has 3 heterocycles. The SMILES string of the molecule is Cn1ccc(CN2CCN(CCn3nc4c(cc3=O)CCC4)CC2)cc1=O. The highest BCUT2D eigenvalue weighted by molar-refractivity contribution is 5.22. The van der Waals surface area contributed by atoms with E-state index in [-0.39, 0.29) is 11.1 Å². The maximum atomic E-state index is 12.2. The Hall–Kier alpha value is -2.25. The summed E-state index contributed by atoms with van der Waals surface area (Å²) in [6.45, 7) is 6.22. The molecule has 27 heavy (non-hydrogen) atoms. The van der Waals surface area contributed by atoms with Gasteiger partial charge in [-0.2, -0.15) is 5.10 Å². The highest BCUT2D eigenvalue weighted by atomic mass is 16.1. The zero-order valence-corrected chi connectivity index (χ0v) is 15.9. The van der Waals surface area contributed by atoms with Crippen molar-refractivity contribution >= 4 is 0 Å². The van der Waals surface area contributed by atoms with Crippen molar-refractivity contribution in [3.05, 3.63) is 61.9 Å². The van der Waals surface area contributed by atoms with E-state index in [9.17, 15) is 9.59 Å². The fourth-order valence-corrected chi connectivity index (χ4v) is 3.95. The lowest BCUT2D eigenvalue weighted by Crippen LogP contribution is -2.47. The maximum absolute atomic E-state index is 12.2. The first-order chi connectivity index (χ1) is 13.1. The minimum Gasteiger partial charge on any atom is -0.319 e. The molecule has 144 valence electrons. The van der Waals surface area contributed by atoms with Crippen molar-refractivity contribution in [3.8, 4) is 0 Å². The summed E-state index contributed by atoms with van der Waals surface area (Å²) in [5.41, 5.74) is 3.38. The summed E-state index contributed by atoms with van der Waals surface area (Å²) in [5.74, 6) is 0. The predicted molar refractivity (Wildman–Crippen MR) is 104 cm³/mol. The van der Waals surface area contributed by atoms with E-state index in [1.165, 1.54) is 0 Å². The number of fused-ring (bicyclic) bond motifs is 1. The molecule has 7 nitrogen and oxygen atoms in total. The van der Waals surface area contributed by atoms with Crippen molar-refractivity contribution in [2.75, 3.05) is 32.7 Å². The molecule has 2 aromatic rings. The third-order valence-corrected chi connectivity index (χ3v) is 5.69. The number of nitrogens with zero attached hydrogens (tertiary/aromatic N) is 5. The molecule has 2 aromatic heterocycles. The molecule has 7 heteroatoms. The van der Waals surface area contributed by atoms with E-state index in [1.54, 1.807) is 28.4 Å². The Balaban J connectivity index is 1.28. The van der Waals surface area contributed by atoms with Crippen LogP contribution >= 0.6 is 0 Å². The molecule has 0 atom stereocenters. The van der Waals surface area contributed by atoms with Gasteiger partial charge in [0.05, 0.1) is 12.2 Å². The first kappa shape index (κ1) is 18.1. The highest BCUT2D eigenvalue weighted by Crippen LogP contribution is 2.17. The van der Waals surface area contributed by atoms with Gasteiger partial charge in [-0.3, -0.25) is 19.4 Å². The summed E-state index contributed by atoms with van der Waals surface area (Å²) in [6, 6.07) is 5.51. The van der Waals surface area contributed by atoms with Gasteiger partial charge in [0, 0.05) is 64.6 Å². The van der Waals surface area contributed by atoms with Crippen molar-refractivity contribution in [3.63, 3.8) is 0 Å². The molecule has 0 amide bonds. The van der Waals surface area contributed by atoms with Gasteiger partial charge in [0.25, 0.3) is 11.1 Å². The van der Waals surface area contributed by atoms with Crippen molar-refractivity contribution in [1.82, 2.24) is 24.1 Å². The number of aromatic nitrogens is 3. The lowest BCUT2D eigenvalue weighted by molar-refractivity contribution is 0.122. The van der Waals surface area contributed by atoms with Crippen molar-refractivity contribution in [2.45, 2.75) is 32.4 Å². The molecule has 0 aromatic carbocycles. The van der Waals surface area contributed by atoms with Gasteiger partial charge in [-0.1, -0.05) is 0 Å². The lowest BCUT2D eigenvalue weighted by Gasteiger charge is -2.34. The molecule has 1 saturated heterocycles. The smallest absolute Gasteiger partial charge is 0.267 e. The van der Waals surface area contributed by atoms with Crippen LogP contribution in [0.25, 0.3) is 0 Å². The van der Waals surface area contributed by atoms with Crippen LogP contribution in [0.5, 0.6) is 0 Å². The average molecular weight is 369 g/mol. The van der Waals surface area contributed by atoms with Crippen LogP contribution in [-0.4, -0.2) is 56.9 Å². The quantitative estimate of drug-likeness (QED) is 0.756. The van der Waals surface area contributed by atoms with Crippen LogP contribution in [0.15, 0.2) is 34.0 Å². The van der Waals surface area contributed by atoms with Gasteiger partial charge < -0.3 is 4.57 Å². The van der Waals surface area contributed by atoms with Crippen LogP contribution in [0.2, 0.25) is 0 Å². The minimum absolute atomic E-state index is 0.0277. The molecule has 0 N–H and O–H groups in total. The Morgan fingerprint density at radius 1 is 0.963 bits per heavy atom. The standard InChI is InChI=1S/C20H27N5O2/c1-22-6-5-16(13-19(22)26)15-24-9-7-23(8-10-24)11-12-25-20(27)14-17-3-2-4-18(17)21-25/h5-6,13-14H,2-4,7-12,15H2,1H3.